The number of rotatable bonds is 14. The Morgan fingerprint density at radius 2 is 1.67 bits per heavy atom. The van der Waals surface area contributed by atoms with Gasteiger partial charge in [-0.2, -0.15) is 0 Å². The van der Waals surface area contributed by atoms with Crippen LogP contribution in [0, 0.1) is 5.92 Å². The van der Waals surface area contributed by atoms with Crippen LogP contribution in [0.5, 0.6) is 0 Å². The van der Waals surface area contributed by atoms with E-state index >= 15 is 0 Å². The van der Waals surface area contributed by atoms with Crippen molar-refractivity contribution in [3.05, 3.63) is 12.7 Å². The van der Waals surface area contributed by atoms with E-state index in [0.717, 1.165) is 19.4 Å². The number of carbonyl (C=O) groups is 1. The first-order valence-electron chi connectivity index (χ1n) is 8.15. The molecule has 0 aliphatic rings. The Kier molecular flexibility index (Phi) is 18.5. The van der Waals surface area contributed by atoms with Gasteiger partial charge in [-0.05, 0) is 38.1 Å². The van der Waals surface area contributed by atoms with Gasteiger partial charge < -0.3 is 11.8 Å². The average Bonchev–Trinajstić information content (AvgIpc) is 2.39. The summed E-state index contributed by atoms with van der Waals surface area (Å²) in [6.07, 6.45) is 12.5. The second-order valence-corrected chi connectivity index (χ2v) is 6.03. The second-order valence-electron chi connectivity index (χ2n) is 6.03. The van der Waals surface area contributed by atoms with Crippen molar-refractivity contribution in [1.82, 2.24) is 5.32 Å². The topological polar surface area (TPSA) is 49.3 Å². The largest absolute Gasteiger partial charge is 1.00 e. The maximum absolute atomic E-state index is 11.1. The standard InChI is InChI=1S/C17H33NO2.Na.H/c1-4-5-6-7-8-9-10-11-12-13-18-16(17(19)20)14-15(2)3;;/h4,15-16,18H,1,5-14H2,2-3H3,(H,19,20);;/q;+1;-1/t16-;;/m0../s1. The molecular formula is C17H34NNaO2. The third-order valence-electron chi connectivity index (χ3n) is 3.48. The quantitative estimate of drug-likeness (QED) is 0.290. The van der Waals surface area contributed by atoms with Gasteiger partial charge in [0.15, 0.2) is 0 Å². The van der Waals surface area contributed by atoms with Crippen molar-refractivity contribution in [2.75, 3.05) is 6.54 Å². The molecule has 0 aromatic rings. The molecule has 0 bridgehead atoms. The van der Waals surface area contributed by atoms with E-state index in [4.69, 9.17) is 5.11 Å². The van der Waals surface area contributed by atoms with Crippen molar-refractivity contribution in [3.63, 3.8) is 0 Å². The van der Waals surface area contributed by atoms with Gasteiger partial charge in [-0.1, -0.05) is 52.0 Å². The van der Waals surface area contributed by atoms with Crippen molar-refractivity contribution >= 4 is 5.97 Å². The molecule has 0 saturated carbocycles. The minimum absolute atomic E-state index is 0. The van der Waals surface area contributed by atoms with Crippen LogP contribution in [0.25, 0.3) is 0 Å². The Bertz CT molecular complexity index is 263. The van der Waals surface area contributed by atoms with E-state index in [1.165, 1.54) is 38.5 Å². The third kappa shape index (κ3) is 16.4. The van der Waals surface area contributed by atoms with E-state index in [1.807, 2.05) is 6.08 Å². The van der Waals surface area contributed by atoms with Crippen LogP contribution in [-0.4, -0.2) is 23.7 Å². The fourth-order valence-corrected chi connectivity index (χ4v) is 2.32. The predicted octanol–water partition coefficient (Wildman–Crippen LogP) is 1.50. The molecule has 0 amide bonds. The number of hydrogen-bond donors (Lipinski definition) is 2. The zero-order chi connectivity index (χ0) is 15.2. The Morgan fingerprint density at radius 3 is 2.14 bits per heavy atom. The molecule has 0 spiro atoms. The van der Waals surface area contributed by atoms with Crippen molar-refractivity contribution in [2.45, 2.75) is 77.7 Å². The number of unbranched alkanes of at least 4 members (excludes halogenated alkanes) is 7. The van der Waals surface area contributed by atoms with Crippen molar-refractivity contribution in [3.8, 4) is 0 Å². The van der Waals surface area contributed by atoms with Gasteiger partial charge in [-0.15, -0.1) is 6.58 Å². The summed E-state index contributed by atoms with van der Waals surface area (Å²) in [7, 11) is 0. The first-order valence-corrected chi connectivity index (χ1v) is 8.15. The van der Waals surface area contributed by atoms with Gasteiger partial charge in [0.05, 0.1) is 0 Å². The molecule has 0 aliphatic heterocycles. The van der Waals surface area contributed by atoms with Crippen LogP contribution in [0.15, 0.2) is 12.7 Å². The molecule has 120 valence electrons. The van der Waals surface area contributed by atoms with Crippen molar-refractivity contribution < 1.29 is 40.9 Å². The second kappa shape index (κ2) is 16.5. The molecule has 0 aromatic carbocycles. The summed E-state index contributed by atoms with van der Waals surface area (Å²) in [4.78, 5) is 11.1. The fraction of sp³-hybridized carbons (Fsp3) is 0.824. The average molecular weight is 307 g/mol. The summed E-state index contributed by atoms with van der Waals surface area (Å²) >= 11 is 0. The number of nitrogens with one attached hydrogen (secondary N) is 1. The summed E-state index contributed by atoms with van der Waals surface area (Å²) in [5.74, 6) is -0.305. The number of hydrogen-bond acceptors (Lipinski definition) is 2. The summed E-state index contributed by atoms with van der Waals surface area (Å²) in [5.41, 5.74) is 0. The molecule has 3 nitrogen and oxygen atoms in total. The van der Waals surface area contributed by atoms with E-state index in [0.29, 0.717) is 12.3 Å². The first kappa shape index (κ1) is 23.4. The predicted molar refractivity (Wildman–Crippen MR) is 87.1 cm³/mol. The fourth-order valence-electron chi connectivity index (χ4n) is 2.32. The Labute approximate surface area is 154 Å². The zero-order valence-corrected chi connectivity index (χ0v) is 16.4. The molecular weight excluding hydrogens is 273 g/mol. The molecule has 1 atom stereocenters. The minimum atomic E-state index is -0.721. The van der Waals surface area contributed by atoms with E-state index in [-0.39, 0.29) is 37.0 Å². The van der Waals surface area contributed by atoms with Gasteiger partial charge in [0.1, 0.15) is 6.04 Å². The molecule has 0 rings (SSSR count). The Balaban J connectivity index is -0.00000180. The van der Waals surface area contributed by atoms with Gasteiger partial charge in [0, 0.05) is 0 Å². The smallest absolute Gasteiger partial charge is 1.00 e. The molecule has 0 saturated heterocycles. The summed E-state index contributed by atoms with van der Waals surface area (Å²) < 4.78 is 0. The van der Waals surface area contributed by atoms with Crippen LogP contribution in [0.2, 0.25) is 0 Å². The zero-order valence-electron chi connectivity index (χ0n) is 15.4. The Morgan fingerprint density at radius 1 is 1.14 bits per heavy atom. The summed E-state index contributed by atoms with van der Waals surface area (Å²) in [5, 5.41) is 12.3. The summed E-state index contributed by atoms with van der Waals surface area (Å²) in [6.45, 7) is 8.66. The van der Waals surface area contributed by atoms with Gasteiger partial charge in [0.2, 0.25) is 0 Å². The van der Waals surface area contributed by atoms with Crippen LogP contribution < -0.4 is 34.9 Å². The minimum Gasteiger partial charge on any atom is -1.00 e. The Hall–Kier alpha value is 0.170. The normalized spacial score (nSPS) is 12.0. The molecule has 2 N–H and O–H groups in total. The SMILES string of the molecule is C=CCCCCCCCCCN[C@@H](CC(C)C)C(=O)O.[H-].[Na+]. The molecule has 0 radical (unpaired) electrons. The van der Waals surface area contributed by atoms with E-state index in [2.05, 4.69) is 25.7 Å². The van der Waals surface area contributed by atoms with E-state index in [9.17, 15) is 4.79 Å². The van der Waals surface area contributed by atoms with Crippen LogP contribution in [0.1, 0.15) is 73.1 Å². The molecule has 0 heterocycles. The monoisotopic (exact) mass is 307 g/mol. The first-order chi connectivity index (χ1) is 9.57. The number of aliphatic carboxylic acids is 1. The number of carboxylic acid groups (broad SMARTS) is 1. The maximum atomic E-state index is 11.1. The van der Waals surface area contributed by atoms with Crippen LogP contribution in [0.3, 0.4) is 0 Å². The maximum Gasteiger partial charge on any atom is 1.00 e. The summed E-state index contributed by atoms with van der Waals surface area (Å²) in [6, 6.07) is -0.381. The number of carboxylic acids is 1. The van der Waals surface area contributed by atoms with Gasteiger partial charge >= 0.3 is 35.5 Å². The number of allylic oxidation sites excluding steroid dienone is 1. The van der Waals surface area contributed by atoms with E-state index in [1.54, 1.807) is 0 Å². The van der Waals surface area contributed by atoms with Gasteiger partial charge in [-0.25, -0.2) is 0 Å². The van der Waals surface area contributed by atoms with Crippen LogP contribution >= 0.6 is 0 Å². The van der Waals surface area contributed by atoms with Gasteiger partial charge in [0.25, 0.3) is 0 Å². The molecule has 0 aromatic heterocycles. The van der Waals surface area contributed by atoms with Crippen LogP contribution in [-0.2, 0) is 4.79 Å². The molecule has 0 unspecified atom stereocenters. The molecule has 0 aliphatic carbocycles. The molecule has 4 heteroatoms. The van der Waals surface area contributed by atoms with Gasteiger partial charge in [-0.3, -0.25) is 4.79 Å². The van der Waals surface area contributed by atoms with Crippen LogP contribution in [0.4, 0.5) is 0 Å². The van der Waals surface area contributed by atoms with E-state index < -0.39 is 5.97 Å². The van der Waals surface area contributed by atoms with Crippen molar-refractivity contribution in [1.29, 1.82) is 0 Å². The molecule has 21 heavy (non-hydrogen) atoms. The molecule has 0 fully saturated rings. The third-order valence-corrected chi connectivity index (χ3v) is 3.48. The van der Waals surface area contributed by atoms with Crippen molar-refractivity contribution in [2.24, 2.45) is 5.92 Å².